The molecule has 1 N–H and O–H groups in total. The molecule has 0 radical (unpaired) electrons. The van der Waals surface area contributed by atoms with Crippen LogP contribution >= 0.6 is 0 Å². The number of rotatable bonds is 3. The zero-order valence-corrected chi connectivity index (χ0v) is 9.24. The van der Waals surface area contributed by atoms with Crippen molar-refractivity contribution < 1.29 is 5.11 Å². The first-order chi connectivity index (χ1) is 6.70. The standard InChI is InChI=1S/C12H21NO/c1-3-10(8-13)12(14)11-7-5-4-6-9(11)2/h9-12,14H,3-7H2,1-2H3. The van der Waals surface area contributed by atoms with Gasteiger partial charge >= 0.3 is 0 Å². The van der Waals surface area contributed by atoms with Crippen molar-refractivity contribution in [2.75, 3.05) is 0 Å². The number of nitriles is 1. The van der Waals surface area contributed by atoms with Gasteiger partial charge in [-0.2, -0.15) is 5.26 Å². The molecule has 0 aromatic heterocycles. The summed E-state index contributed by atoms with van der Waals surface area (Å²) in [6.07, 6.45) is 5.17. The van der Waals surface area contributed by atoms with Crippen molar-refractivity contribution in [1.29, 1.82) is 5.26 Å². The fraction of sp³-hybridized carbons (Fsp3) is 0.917. The Kier molecular flexibility index (Phi) is 4.41. The average Bonchev–Trinajstić information content (AvgIpc) is 2.20. The molecule has 14 heavy (non-hydrogen) atoms. The van der Waals surface area contributed by atoms with Crippen LogP contribution in [-0.2, 0) is 0 Å². The number of aliphatic hydroxyl groups is 1. The second kappa shape index (κ2) is 5.36. The van der Waals surface area contributed by atoms with Gasteiger partial charge in [-0.25, -0.2) is 0 Å². The smallest absolute Gasteiger partial charge is 0.0728 e. The van der Waals surface area contributed by atoms with Gasteiger partial charge in [0, 0.05) is 0 Å². The van der Waals surface area contributed by atoms with E-state index < -0.39 is 6.10 Å². The van der Waals surface area contributed by atoms with Gasteiger partial charge in [0.1, 0.15) is 0 Å². The molecule has 2 nitrogen and oxygen atoms in total. The molecule has 1 rings (SSSR count). The third-order valence-electron chi connectivity index (χ3n) is 3.63. The number of nitrogens with zero attached hydrogens (tertiary/aromatic N) is 1. The Hall–Kier alpha value is -0.550. The highest BCUT2D eigenvalue weighted by Gasteiger charge is 2.32. The van der Waals surface area contributed by atoms with E-state index in [4.69, 9.17) is 5.26 Å². The Morgan fingerprint density at radius 3 is 2.57 bits per heavy atom. The van der Waals surface area contributed by atoms with Gasteiger partial charge in [-0.3, -0.25) is 0 Å². The van der Waals surface area contributed by atoms with E-state index in [0.29, 0.717) is 11.8 Å². The highest BCUT2D eigenvalue weighted by molar-refractivity contribution is 4.92. The van der Waals surface area contributed by atoms with E-state index >= 15 is 0 Å². The predicted molar refractivity (Wildman–Crippen MR) is 56.5 cm³/mol. The maximum absolute atomic E-state index is 10.1. The normalized spacial score (nSPS) is 31.9. The van der Waals surface area contributed by atoms with Crippen LogP contribution in [0.5, 0.6) is 0 Å². The zero-order chi connectivity index (χ0) is 10.6. The molecule has 0 saturated heterocycles. The van der Waals surface area contributed by atoms with Crippen LogP contribution in [0.4, 0.5) is 0 Å². The monoisotopic (exact) mass is 195 g/mol. The highest BCUT2D eigenvalue weighted by Crippen LogP contribution is 2.34. The Morgan fingerprint density at radius 1 is 1.43 bits per heavy atom. The van der Waals surface area contributed by atoms with E-state index in [1.54, 1.807) is 0 Å². The lowest BCUT2D eigenvalue weighted by Gasteiger charge is -2.34. The van der Waals surface area contributed by atoms with Crippen LogP contribution in [0.15, 0.2) is 0 Å². The van der Waals surface area contributed by atoms with Crippen molar-refractivity contribution in [2.45, 2.75) is 52.1 Å². The van der Waals surface area contributed by atoms with E-state index in [1.165, 1.54) is 19.3 Å². The summed E-state index contributed by atoms with van der Waals surface area (Å²) in [7, 11) is 0. The first-order valence-electron chi connectivity index (χ1n) is 5.78. The number of hydrogen-bond acceptors (Lipinski definition) is 2. The van der Waals surface area contributed by atoms with Crippen molar-refractivity contribution in [1.82, 2.24) is 0 Å². The Balaban J connectivity index is 2.57. The van der Waals surface area contributed by atoms with Crippen LogP contribution in [0.2, 0.25) is 0 Å². The average molecular weight is 195 g/mol. The third kappa shape index (κ3) is 2.48. The van der Waals surface area contributed by atoms with Gasteiger partial charge in [0.2, 0.25) is 0 Å². The van der Waals surface area contributed by atoms with Crippen molar-refractivity contribution in [3.8, 4) is 6.07 Å². The minimum Gasteiger partial charge on any atom is -0.391 e. The molecule has 4 unspecified atom stereocenters. The summed E-state index contributed by atoms with van der Waals surface area (Å²) >= 11 is 0. The molecular weight excluding hydrogens is 174 g/mol. The van der Waals surface area contributed by atoms with Crippen molar-refractivity contribution in [2.24, 2.45) is 17.8 Å². The lowest BCUT2D eigenvalue weighted by molar-refractivity contribution is 0.0246. The first-order valence-corrected chi connectivity index (χ1v) is 5.78. The van der Waals surface area contributed by atoms with Gasteiger partial charge in [0.15, 0.2) is 0 Å². The largest absolute Gasteiger partial charge is 0.391 e. The van der Waals surface area contributed by atoms with Crippen molar-refractivity contribution in [3.63, 3.8) is 0 Å². The maximum atomic E-state index is 10.1. The molecular formula is C12H21NO. The van der Waals surface area contributed by atoms with Crippen LogP contribution in [-0.4, -0.2) is 11.2 Å². The Labute approximate surface area is 86.9 Å². The number of hydrogen-bond donors (Lipinski definition) is 1. The second-order valence-electron chi connectivity index (χ2n) is 4.56. The van der Waals surface area contributed by atoms with Gasteiger partial charge in [-0.1, -0.05) is 33.1 Å². The van der Waals surface area contributed by atoms with E-state index in [9.17, 15) is 5.11 Å². The topological polar surface area (TPSA) is 44.0 Å². The summed E-state index contributed by atoms with van der Waals surface area (Å²) in [5.41, 5.74) is 0. The first kappa shape index (κ1) is 11.5. The van der Waals surface area contributed by atoms with E-state index in [2.05, 4.69) is 13.0 Å². The lowest BCUT2D eigenvalue weighted by Crippen LogP contribution is -2.34. The molecule has 4 atom stereocenters. The zero-order valence-electron chi connectivity index (χ0n) is 9.24. The summed E-state index contributed by atoms with van der Waals surface area (Å²) < 4.78 is 0. The van der Waals surface area contributed by atoms with E-state index in [0.717, 1.165) is 12.8 Å². The maximum Gasteiger partial charge on any atom is 0.0728 e. The molecule has 0 aromatic carbocycles. The molecule has 0 aromatic rings. The molecule has 0 amide bonds. The Bertz CT molecular complexity index is 209. The molecule has 0 heterocycles. The third-order valence-corrected chi connectivity index (χ3v) is 3.63. The molecule has 0 aliphatic heterocycles. The number of aliphatic hydroxyl groups excluding tert-OH is 1. The fourth-order valence-corrected chi connectivity index (χ4v) is 2.56. The van der Waals surface area contributed by atoms with E-state index in [-0.39, 0.29) is 5.92 Å². The molecule has 1 aliphatic rings. The van der Waals surface area contributed by atoms with Crippen LogP contribution in [0.25, 0.3) is 0 Å². The quantitative estimate of drug-likeness (QED) is 0.752. The second-order valence-corrected chi connectivity index (χ2v) is 4.56. The van der Waals surface area contributed by atoms with Crippen LogP contribution in [0.3, 0.4) is 0 Å². The highest BCUT2D eigenvalue weighted by atomic mass is 16.3. The molecule has 80 valence electrons. The van der Waals surface area contributed by atoms with Crippen LogP contribution < -0.4 is 0 Å². The minimum absolute atomic E-state index is 0.166. The van der Waals surface area contributed by atoms with Gasteiger partial charge in [0.25, 0.3) is 0 Å². The molecule has 1 fully saturated rings. The predicted octanol–water partition coefficient (Wildman–Crippen LogP) is 2.72. The summed E-state index contributed by atoms with van der Waals surface area (Å²) in [5.74, 6) is 0.773. The van der Waals surface area contributed by atoms with Gasteiger partial charge in [-0.05, 0) is 24.7 Å². The summed E-state index contributed by atoms with van der Waals surface area (Å²) in [6.45, 7) is 4.18. The molecule has 1 saturated carbocycles. The van der Waals surface area contributed by atoms with Crippen LogP contribution in [0.1, 0.15) is 46.0 Å². The summed E-state index contributed by atoms with van der Waals surface area (Å²) in [6, 6.07) is 2.22. The van der Waals surface area contributed by atoms with Gasteiger partial charge < -0.3 is 5.11 Å². The van der Waals surface area contributed by atoms with Crippen molar-refractivity contribution in [3.05, 3.63) is 0 Å². The Morgan fingerprint density at radius 2 is 2.07 bits per heavy atom. The summed E-state index contributed by atoms with van der Waals surface area (Å²) in [5, 5.41) is 19.0. The molecule has 0 spiro atoms. The molecule has 2 heteroatoms. The van der Waals surface area contributed by atoms with Crippen LogP contribution in [0, 0.1) is 29.1 Å². The van der Waals surface area contributed by atoms with Crippen molar-refractivity contribution >= 4 is 0 Å². The van der Waals surface area contributed by atoms with Gasteiger partial charge in [0.05, 0.1) is 18.1 Å². The fourth-order valence-electron chi connectivity index (χ4n) is 2.56. The molecule has 0 bridgehead atoms. The molecule has 1 aliphatic carbocycles. The SMILES string of the molecule is CCC(C#N)C(O)C1CCCCC1C. The van der Waals surface area contributed by atoms with E-state index in [1.807, 2.05) is 6.92 Å². The van der Waals surface area contributed by atoms with Gasteiger partial charge in [-0.15, -0.1) is 0 Å². The lowest BCUT2D eigenvalue weighted by atomic mass is 9.74. The minimum atomic E-state index is -0.403. The summed E-state index contributed by atoms with van der Waals surface area (Å²) in [4.78, 5) is 0.